The molecule has 0 spiro atoms. The van der Waals surface area contributed by atoms with Crippen LogP contribution in [-0.4, -0.2) is 81.6 Å². The van der Waals surface area contributed by atoms with E-state index in [-0.39, 0.29) is 24.5 Å². The maximum atomic E-state index is 13.8. The molecule has 0 unspecified atom stereocenters. The fourth-order valence-electron chi connectivity index (χ4n) is 8.46. The van der Waals surface area contributed by atoms with Gasteiger partial charge in [0.15, 0.2) is 11.7 Å². The SMILES string of the molecule is CC(=O)O[C@@H]1C2=C(C)[C@@H](O)C[C@@](O)([C@@H](OC(=O)c3ccccc3)[C@@H]3[C@]4(OC(C)=O)CO[C@@H]4C[C@H](C)[C@@]3(C)[C@@H]1O)C2(C)C. The molecular weight excluding hydrogens is 544 g/mol. The third-order valence-electron chi connectivity index (χ3n) is 10.9. The standard InChI is InChI=1S/C32H42O10/c1-16-13-22-31(15-39-22,42-19(4)34)25-27(41-28(37)20-11-9-8-10-12-20)32(38)14-21(35)17(2)23(29(32,5)6)24(40-18(3)33)26(36)30(16,25)7/h8-12,16,21-22,24-27,35-36,38H,13-15H2,1-7H3/t16-,21-,22+,24+,25-,26+,27-,30+,31-,32+/m0/s1. The lowest BCUT2D eigenvalue weighted by molar-refractivity contribution is -0.358. The number of aliphatic hydroxyl groups excluding tert-OH is 2. The summed E-state index contributed by atoms with van der Waals surface area (Å²) in [6.45, 7) is 11.3. The van der Waals surface area contributed by atoms with Gasteiger partial charge in [0.05, 0.1) is 24.2 Å². The number of fused-ring (bicyclic) bond motifs is 5. The zero-order chi connectivity index (χ0) is 31.0. The van der Waals surface area contributed by atoms with Gasteiger partial charge in [-0.25, -0.2) is 4.79 Å². The Hall–Kier alpha value is -2.79. The second-order valence-corrected chi connectivity index (χ2v) is 13.4. The molecule has 2 bridgehead atoms. The van der Waals surface area contributed by atoms with Crippen LogP contribution >= 0.6 is 0 Å². The number of aliphatic hydroxyl groups is 3. The Morgan fingerprint density at radius 3 is 2.19 bits per heavy atom. The number of rotatable bonds is 4. The van der Waals surface area contributed by atoms with Crippen LogP contribution in [-0.2, 0) is 28.5 Å². The number of hydrogen-bond acceptors (Lipinski definition) is 10. The molecule has 0 radical (unpaired) electrons. The molecule has 1 aromatic carbocycles. The molecule has 42 heavy (non-hydrogen) atoms. The number of ether oxygens (including phenoxy) is 4. The quantitative estimate of drug-likeness (QED) is 0.273. The summed E-state index contributed by atoms with van der Waals surface area (Å²) in [4.78, 5) is 38.9. The van der Waals surface area contributed by atoms with E-state index in [1.165, 1.54) is 13.8 Å². The maximum Gasteiger partial charge on any atom is 0.338 e. The minimum atomic E-state index is -1.96. The molecule has 1 aliphatic heterocycles. The first-order valence-corrected chi connectivity index (χ1v) is 14.6. The van der Waals surface area contributed by atoms with Gasteiger partial charge in [-0.2, -0.15) is 0 Å². The highest BCUT2D eigenvalue weighted by atomic mass is 16.6. The van der Waals surface area contributed by atoms with Crippen molar-refractivity contribution in [2.45, 2.75) is 103 Å². The van der Waals surface area contributed by atoms with Gasteiger partial charge in [0.25, 0.3) is 0 Å². The van der Waals surface area contributed by atoms with Crippen molar-refractivity contribution in [2.24, 2.45) is 22.7 Å². The highest BCUT2D eigenvalue weighted by Gasteiger charge is 2.77. The molecule has 3 aliphatic carbocycles. The molecule has 1 saturated heterocycles. The van der Waals surface area contributed by atoms with Gasteiger partial charge in [-0.3, -0.25) is 9.59 Å². The fraction of sp³-hybridized carbons (Fsp3) is 0.656. The molecule has 2 saturated carbocycles. The fourth-order valence-corrected chi connectivity index (χ4v) is 8.46. The number of carbonyl (C=O) groups excluding carboxylic acids is 3. The van der Waals surface area contributed by atoms with Crippen LogP contribution in [0.15, 0.2) is 41.5 Å². The van der Waals surface area contributed by atoms with Crippen LogP contribution in [0.3, 0.4) is 0 Å². The highest BCUT2D eigenvalue weighted by molar-refractivity contribution is 5.89. The number of benzene rings is 1. The summed E-state index contributed by atoms with van der Waals surface area (Å²) in [5.74, 6) is -3.30. The van der Waals surface area contributed by atoms with Crippen molar-refractivity contribution in [3.8, 4) is 0 Å². The van der Waals surface area contributed by atoms with Gasteiger partial charge in [0.2, 0.25) is 0 Å². The van der Waals surface area contributed by atoms with Gasteiger partial charge >= 0.3 is 17.9 Å². The summed E-state index contributed by atoms with van der Waals surface area (Å²) < 4.78 is 24.2. The first-order chi connectivity index (χ1) is 19.5. The third kappa shape index (κ3) is 4.17. The molecule has 4 aliphatic rings. The van der Waals surface area contributed by atoms with Crippen LogP contribution in [0, 0.1) is 22.7 Å². The molecule has 0 aromatic heterocycles. The van der Waals surface area contributed by atoms with Gasteiger partial charge in [0.1, 0.15) is 23.9 Å². The van der Waals surface area contributed by atoms with E-state index in [2.05, 4.69) is 0 Å². The lowest BCUT2D eigenvalue weighted by Gasteiger charge is -2.69. The van der Waals surface area contributed by atoms with E-state index in [1.54, 1.807) is 58.0 Å². The van der Waals surface area contributed by atoms with Crippen molar-refractivity contribution in [3.63, 3.8) is 0 Å². The molecule has 230 valence electrons. The molecule has 10 atom stereocenters. The largest absolute Gasteiger partial charge is 0.455 e. The first-order valence-electron chi connectivity index (χ1n) is 14.6. The van der Waals surface area contributed by atoms with E-state index in [4.69, 9.17) is 18.9 Å². The van der Waals surface area contributed by atoms with Crippen LogP contribution in [0.4, 0.5) is 0 Å². The van der Waals surface area contributed by atoms with Crippen LogP contribution < -0.4 is 0 Å². The van der Waals surface area contributed by atoms with Crippen molar-refractivity contribution < 1.29 is 48.7 Å². The van der Waals surface area contributed by atoms with Gasteiger partial charge in [-0.15, -0.1) is 0 Å². The molecule has 3 N–H and O–H groups in total. The van der Waals surface area contributed by atoms with Crippen LogP contribution in [0.2, 0.25) is 0 Å². The summed E-state index contributed by atoms with van der Waals surface area (Å²) in [7, 11) is 0. The van der Waals surface area contributed by atoms with Gasteiger partial charge in [-0.05, 0) is 42.5 Å². The molecule has 10 nitrogen and oxygen atoms in total. The Balaban J connectivity index is 1.83. The Morgan fingerprint density at radius 1 is 1.00 bits per heavy atom. The second-order valence-electron chi connectivity index (χ2n) is 13.4. The summed E-state index contributed by atoms with van der Waals surface area (Å²) in [6, 6.07) is 8.34. The van der Waals surface area contributed by atoms with E-state index in [0.29, 0.717) is 17.6 Å². The van der Waals surface area contributed by atoms with Crippen molar-refractivity contribution in [1.29, 1.82) is 0 Å². The first kappa shape index (κ1) is 30.7. The number of esters is 3. The predicted octanol–water partition coefficient (Wildman–Crippen LogP) is 2.72. The monoisotopic (exact) mass is 586 g/mol. The van der Waals surface area contributed by atoms with E-state index < -0.39 is 76.4 Å². The summed E-state index contributed by atoms with van der Waals surface area (Å²) in [5.41, 5.74) is -4.78. The van der Waals surface area contributed by atoms with E-state index in [9.17, 15) is 29.7 Å². The Bertz CT molecular complexity index is 1310. The number of hydrogen-bond donors (Lipinski definition) is 3. The molecule has 5 rings (SSSR count). The number of carbonyl (C=O) groups is 3. The Kier molecular flexibility index (Phi) is 7.41. The maximum absolute atomic E-state index is 13.8. The zero-order valence-corrected chi connectivity index (χ0v) is 25.2. The molecular formula is C32H42O10. The molecule has 1 aromatic rings. The summed E-state index contributed by atoms with van der Waals surface area (Å²) in [5, 5.41) is 36.8. The topological polar surface area (TPSA) is 149 Å². The van der Waals surface area contributed by atoms with Crippen LogP contribution in [0.1, 0.15) is 71.7 Å². The van der Waals surface area contributed by atoms with Crippen molar-refractivity contribution >= 4 is 17.9 Å². The Labute approximate surface area is 246 Å². The minimum absolute atomic E-state index is 0.0463. The minimum Gasteiger partial charge on any atom is -0.455 e. The van der Waals surface area contributed by atoms with E-state index in [0.717, 1.165) is 0 Å². The Morgan fingerprint density at radius 2 is 1.64 bits per heavy atom. The molecule has 3 fully saturated rings. The van der Waals surface area contributed by atoms with Gasteiger partial charge in [0, 0.05) is 31.1 Å². The lowest BCUT2D eigenvalue weighted by Crippen LogP contribution is -2.81. The van der Waals surface area contributed by atoms with Crippen molar-refractivity contribution in [1.82, 2.24) is 0 Å². The highest BCUT2D eigenvalue weighted by Crippen LogP contribution is 2.66. The lowest BCUT2D eigenvalue weighted by atomic mass is 9.43. The predicted molar refractivity (Wildman–Crippen MR) is 149 cm³/mol. The van der Waals surface area contributed by atoms with Crippen molar-refractivity contribution in [3.05, 3.63) is 47.0 Å². The van der Waals surface area contributed by atoms with Crippen LogP contribution in [0.25, 0.3) is 0 Å². The summed E-state index contributed by atoms with van der Waals surface area (Å²) >= 11 is 0. The summed E-state index contributed by atoms with van der Waals surface area (Å²) in [6.07, 6.45) is -5.64. The zero-order valence-electron chi connectivity index (χ0n) is 25.2. The second kappa shape index (κ2) is 10.1. The average molecular weight is 587 g/mol. The van der Waals surface area contributed by atoms with Crippen LogP contribution in [0.5, 0.6) is 0 Å². The molecule has 1 heterocycles. The molecule has 0 amide bonds. The van der Waals surface area contributed by atoms with Gasteiger partial charge in [-0.1, -0.05) is 45.9 Å². The normalized spacial score (nSPS) is 42.1. The van der Waals surface area contributed by atoms with E-state index in [1.807, 2.05) is 6.92 Å². The van der Waals surface area contributed by atoms with Gasteiger partial charge < -0.3 is 34.3 Å². The smallest absolute Gasteiger partial charge is 0.338 e. The molecule has 10 heteroatoms. The average Bonchev–Trinajstić information content (AvgIpc) is 2.90. The third-order valence-corrected chi connectivity index (χ3v) is 10.9. The van der Waals surface area contributed by atoms with Crippen molar-refractivity contribution in [2.75, 3.05) is 6.61 Å². The van der Waals surface area contributed by atoms with E-state index >= 15 is 0 Å².